The lowest BCUT2D eigenvalue weighted by molar-refractivity contribution is 0.122. The molecule has 1 aliphatic rings. The van der Waals surface area contributed by atoms with E-state index in [0.717, 1.165) is 18.9 Å². The molecule has 1 aromatic heterocycles. The van der Waals surface area contributed by atoms with Crippen LogP contribution in [0.2, 0.25) is 0 Å². The fraction of sp³-hybridized carbons (Fsp3) is 0.545. The van der Waals surface area contributed by atoms with Crippen LogP contribution < -0.4 is 15.5 Å². The molecule has 7 heteroatoms. The minimum Gasteiger partial charge on any atom is -0.378 e. The van der Waals surface area contributed by atoms with E-state index in [-0.39, 0.29) is 6.03 Å². The predicted molar refractivity (Wildman–Crippen MR) is 67.8 cm³/mol. The van der Waals surface area contributed by atoms with Crippen molar-refractivity contribution in [1.29, 1.82) is 0 Å². The molecule has 18 heavy (non-hydrogen) atoms. The predicted octanol–water partition coefficient (Wildman–Crippen LogP) is 0.455. The third-order valence-electron chi connectivity index (χ3n) is 2.56. The van der Waals surface area contributed by atoms with E-state index >= 15 is 0 Å². The largest absolute Gasteiger partial charge is 0.378 e. The third kappa shape index (κ3) is 3.30. The molecule has 0 radical (unpaired) electrons. The maximum Gasteiger partial charge on any atom is 0.320 e. The summed E-state index contributed by atoms with van der Waals surface area (Å²) < 4.78 is 5.27. The lowest BCUT2D eigenvalue weighted by atomic mass is 10.4. The Labute approximate surface area is 106 Å². The van der Waals surface area contributed by atoms with Crippen LogP contribution in [-0.4, -0.2) is 49.1 Å². The minimum atomic E-state index is -0.272. The Balaban J connectivity index is 1.94. The Hall–Kier alpha value is -1.89. The number of hydrogen-bond acceptors (Lipinski definition) is 5. The molecule has 0 aromatic carbocycles. The van der Waals surface area contributed by atoms with Gasteiger partial charge in [-0.25, -0.2) is 4.79 Å². The Morgan fingerprint density at radius 3 is 2.78 bits per heavy atom. The van der Waals surface area contributed by atoms with Gasteiger partial charge in [0.2, 0.25) is 0 Å². The van der Waals surface area contributed by atoms with Crippen molar-refractivity contribution in [2.45, 2.75) is 6.92 Å². The van der Waals surface area contributed by atoms with Gasteiger partial charge in [0, 0.05) is 19.6 Å². The van der Waals surface area contributed by atoms with E-state index in [2.05, 4.69) is 25.7 Å². The summed E-state index contributed by atoms with van der Waals surface area (Å²) in [5.74, 6) is 1.25. The van der Waals surface area contributed by atoms with Crippen LogP contribution in [0.1, 0.15) is 6.92 Å². The number of nitrogens with zero attached hydrogens (tertiary/aromatic N) is 3. The molecule has 0 spiro atoms. The van der Waals surface area contributed by atoms with Crippen molar-refractivity contribution in [3.05, 3.63) is 12.1 Å². The molecule has 0 atom stereocenters. The van der Waals surface area contributed by atoms with Gasteiger partial charge in [-0.1, -0.05) is 0 Å². The smallest absolute Gasteiger partial charge is 0.320 e. The lowest BCUT2D eigenvalue weighted by Crippen LogP contribution is -2.37. The van der Waals surface area contributed by atoms with Crippen molar-refractivity contribution in [2.24, 2.45) is 0 Å². The average molecular weight is 251 g/mol. The molecule has 7 nitrogen and oxygen atoms in total. The lowest BCUT2D eigenvalue weighted by Gasteiger charge is -2.27. The van der Waals surface area contributed by atoms with E-state index in [1.165, 1.54) is 0 Å². The van der Waals surface area contributed by atoms with Crippen LogP contribution in [0.3, 0.4) is 0 Å². The molecule has 98 valence electrons. The van der Waals surface area contributed by atoms with E-state index in [4.69, 9.17) is 4.74 Å². The number of nitrogens with one attached hydrogen (secondary N) is 2. The topological polar surface area (TPSA) is 79.4 Å². The van der Waals surface area contributed by atoms with Gasteiger partial charge in [-0.15, -0.1) is 10.2 Å². The van der Waals surface area contributed by atoms with Gasteiger partial charge in [0.1, 0.15) is 0 Å². The van der Waals surface area contributed by atoms with Gasteiger partial charge in [0.15, 0.2) is 11.6 Å². The number of ether oxygens (including phenoxy) is 1. The second kappa shape index (κ2) is 6.15. The fourth-order valence-electron chi connectivity index (χ4n) is 1.67. The van der Waals surface area contributed by atoms with Crippen molar-refractivity contribution >= 4 is 17.7 Å². The van der Waals surface area contributed by atoms with Gasteiger partial charge in [-0.2, -0.15) is 0 Å². The molecule has 2 N–H and O–H groups in total. The summed E-state index contributed by atoms with van der Waals surface area (Å²) in [4.78, 5) is 13.4. The van der Waals surface area contributed by atoms with Crippen molar-refractivity contribution in [1.82, 2.24) is 15.5 Å². The Morgan fingerprint density at radius 2 is 2.17 bits per heavy atom. The average Bonchev–Trinajstić information content (AvgIpc) is 2.41. The number of rotatable bonds is 3. The monoisotopic (exact) mass is 251 g/mol. The van der Waals surface area contributed by atoms with E-state index < -0.39 is 0 Å². The van der Waals surface area contributed by atoms with Crippen LogP contribution in [0.25, 0.3) is 0 Å². The number of hydrogen-bond donors (Lipinski definition) is 2. The third-order valence-corrected chi connectivity index (χ3v) is 2.56. The molecule has 1 fully saturated rings. The van der Waals surface area contributed by atoms with Gasteiger partial charge < -0.3 is 15.0 Å². The normalized spacial score (nSPS) is 15.3. The Bertz CT molecular complexity index is 389. The summed E-state index contributed by atoms with van der Waals surface area (Å²) in [5.41, 5.74) is 0. The van der Waals surface area contributed by atoms with Gasteiger partial charge in [-0.3, -0.25) is 5.32 Å². The second-order valence-corrected chi connectivity index (χ2v) is 3.86. The van der Waals surface area contributed by atoms with Crippen LogP contribution in [0.4, 0.5) is 16.4 Å². The molecule has 0 aliphatic carbocycles. The summed E-state index contributed by atoms with van der Waals surface area (Å²) in [6.07, 6.45) is 0. The molecule has 2 amide bonds. The highest BCUT2D eigenvalue weighted by Crippen LogP contribution is 2.12. The summed E-state index contributed by atoms with van der Waals surface area (Å²) in [6.45, 7) is 5.48. The zero-order valence-electron chi connectivity index (χ0n) is 10.3. The van der Waals surface area contributed by atoms with Gasteiger partial charge in [-0.05, 0) is 19.1 Å². The first kappa shape index (κ1) is 12.6. The highest BCUT2D eigenvalue weighted by Gasteiger charge is 2.12. The first-order chi connectivity index (χ1) is 8.79. The highest BCUT2D eigenvalue weighted by molar-refractivity contribution is 5.88. The zero-order valence-corrected chi connectivity index (χ0v) is 10.3. The molecule has 1 aliphatic heterocycles. The van der Waals surface area contributed by atoms with E-state index in [9.17, 15) is 4.79 Å². The number of aromatic nitrogens is 2. The summed E-state index contributed by atoms with van der Waals surface area (Å²) >= 11 is 0. The standard InChI is InChI=1S/C11H17N5O2/c1-2-12-11(17)13-9-3-4-10(15-14-9)16-5-7-18-8-6-16/h3-4H,2,5-8H2,1H3,(H2,12,13,14,17). The van der Waals surface area contributed by atoms with Crippen LogP contribution in [0, 0.1) is 0 Å². The minimum absolute atomic E-state index is 0.272. The molecule has 1 saturated heterocycles. The molecule has 1 aromatic rings. The zero-order chi connectivity index (χ0) is 12.8. The molecular weight excluding hydrogens is 234 g/mol. The van der Waals surface area contributed by atoms with E-state index in [1.54, 1.807) is 6.07 Å². The van der Waals surface area contributed by atoms with Crippen LogP contribution >= 0.6 is 0 Å². The number of urea groups is 1. The van der Waals surface area contributed by atoms with Crippen molar-refractivity contribution < 1.29 is 9.53 Å². The number of morpholine rings is 1. The number of carbonyl (C=O) groups excluding carboxylic acids is 1. The Morgan fingerprint density at radius 1 is 1.39 bits per heavy atom. The van der Waals surface area contributed by atoms with Crippen LogP contribution in [0.5, 0.6) is 0 Å². The summed E-state index contributed by atoms with van der Waals surface area (Å²) in [5, 5.41) is 13.3. The quantitative estimate of drug-likeness (QED) is 0.815. The molecular formula is C11H17N5O2. The molecule has 2 heterocycles. The summed E-state index contributed by atoms with van der Waals surface area (Å²) in [6, 6.07) is 3.32. The molecule has 0 unspecified atom stereocenters. The first-order valence-corrected chi connectivity index (χ1v) is 6.01. The van der Waals surface area contributed by atoms with Gasteiger partial charge in [0.05, 0.1) is 13.2 Å². The number of anilines is 2. The van der Waals surface area contributed by atoms with Gasteiger partial charge in [0.25, 0.3) is 0 Å². The van der Waals surface area contributed by atoms with E-state index in [0.29, 0.717) is 25.6 Å². The summed E-state index contributed by atoms with van der Waals surface area (Å²) in [7, 11) is 0. The maximum absolute atomic E-state index is 11.3. The van der Waals surface area contributed by atoms with Crippen molar-refractivity contribution in [3.63, 3.8) is 0 Å². The highest BCUT2D eigenvalue weighted by atomic mass is 16.5. The molecule has 0 bridgehead atoms. The maximum atomic E-state index is 11.3. The molecule has 2 rings (SSSR count). The van der Waals surface area contributed by atoms with Crippen molar-refractivity contribution in [3.8, 4) is 0 Å². The second-order valence-electron chi connectivity index (χ2n) is 3.86. The molecule has 0 saturated carbocycles. The fourth-order valence-corrected chi connectivity index (χ4v) is 1.67. The van der Waals surface area contributed by atoms with Gasteiger partial charge >= 0.3 is 6.03 Å². The number of amides is 2. The van der Waals surface area contributed by atoms with Crippen LogP contribution in [-0.2, 0) is 4.74 Å². The number of carbonyl (C=O) groups is 1. The van der Waals surface area contributed by atoms with Crippen molar-refractivity contribution in [2.75, 3.05) is 43.1 Å². The van der Waals surface area contributed by atoms with E-state index in [1.807, 2.05) is 13.0 Å². The SMILES string of the molecule is CCNC(=O)Nc1ccc(N2CCOCC2)nn1. The Kier molecular flexibility index (Phi) is 4.30. The van der Waals surface area contributed by atoms with Crippen LogP contribution in [0.15, 0.2) is 12.1 Å². The first-order valence-electron chi connectivity index (χ1n) is 6.01.